The normalized spacial score (nSPS) is 11.6. The molecule has 2 heterocycles. The van der Waals surface area contributed by atoms with Gasteiger partial charge in [-0.25, -0.2) is 4.98 Å². The molecule has 5 nitrogen and oxygen atoms in total. The van der Waals surface area contributed by atoms with Gasteiger partial charge in [-0.15, -0.1) is 11.3 Å². The van der Waals surface area contributed by atoms with Gasteiger partial charge in [-0.2, -0.15) is 13.2 Å². The largest absolute Gasteiger partial charge is 0.416 e. The number of nitrogens with one attached hydrogen (secondary N) is 1. The van der Waals surface area contributed by atoms with E-state index in [1.54, 1.807) is 5.38 Å². The first-order chi connectivity index (χ1) is 14.3. The van der Waals surface area contributed by atoms with Crippen LogP contribution >= 0.6 is 22.9 Å². The molecule has 0 aliphatic rings. The molecule has 0 saturated heterocycles. The van der Waals surface area contributed by atoms with Gasteiger partial charge < -0.3 is 5.32 Å². The summed E-state index contributed by atoms with van der Waals surface area (Å²) in [5, 5.41) is 3.92. The number of thiazole rings is 1. The fraction of sp³-hybridized carbons (Fsp3) is 0.0500. The number of hydrogen-bond donors (Lipinski definition) is 1. The molecule has 0 radical (unpaired) electrons. The molecule has 4 aromatic rings. The molecule has 1 N–H and O–H groups in total. The summed E-state index contributed by atoms with van der Waals surface area (Å²) in [4.78, 5) is 30.2. The maximum atomic E-state index is 13.0. The van der Waals surface area contributed by atoms with Gasteiger partial charge in [0, 0.05) is 11.6 Å². The fourth-order valence-corrected chi connectivity index (χ4v) is 3.87. The average Bonchev–Trinajstić information content (AvgIpc) is 3.15. The molecule has 0 aliphatic heterocycles. The van der Waals surface area contributed by atoms with Crippen LogP contribution in [-0.4, -0.2) is 15.3 Å². The van der Waals surface area contributed by atoms with Crippen LogP contribution in [0.5, 0.6) is 0 Å². The summed E-state index contributed by atoms with van der Waals surface area (Å²) >= 11 is 7.15. The highest BCUT2D eigenvalue weighted by atomic mass is 35.5. The molecule has 0 bridgehead atoms. The van der Waals surface area contributed by atoms with E-state index in [9.17, 15) is 22.8 Å². The summed E-state index contributed by atoms with van der Waals surface area (Å²) in [6.45, 7) is 0. The van der Waals surface area contributed by atoms with Gasteiger partial charge in [-0.05, 0) is 23.8 Å². The minimum absolute atomic E-state index is 0.0917. The van der Waals surface area contributed by atoms with Crippen molar-refractivity contribution >= 4 is 39.5 Å². The van der Waals surface area contributed by atoms with E-state index < -0.39 is 23.2 Å². The van der Waals surface area contributed by atoms with Crippen LogP contribution in [0.2, 0.25) is 5.02 Å². The topological polar surface area (TPSA) is 63.5 Å². The minimum atomic E-state index is -4.61. The number of carbonyl (C=O) groups excluding carboxylic acids is 1. The predicted molar refractivity (Wildman–Crippen MR) is 109 cm³/mol. The third kappa shape index (κ3) is 3.69. The van der Waals surface area contributed by atoms with E-state index in [-0.39, 0.29) is 16.3 Å². The van der Waals surface area contributed by atoms with Crippen molar-refractivity contribution in [3.8, 4) is 11.3 Å². The van der Waals surface area contributed by atoms with Crippen molar-refractivity contribution in [3.05, 3.63) is 86.6 Å². The number of nitrogens with zero attached hydrogens (tertiary/aromatic N) is 2. The third-order valence-electron chi connectivity index (χ3n) is 4.30. The number of aromatic nitrogens is 2. The van der Waals surface area contributed by atoms with Gasteiger partial charge in [-0.1, -0.05) is 41.9 Å². The molecule has 0 aliphatic carbocycles. The maximum absolute atomic E-state index is 13.0. The van der Waals surface area contributed by atoms with Crippen LogP contribution in [0.25, 0.3) is 16.2 Å². The molecule has 10 heteroatoms. The Morgan fingerprint density at radius 3 is 2.57 bits per heavy atom. The van der Waals surface area contributed by atoms with Gasteiger partial charge in [0.1, 0.15) is 5.56 Å². The van der Waals surface area contributed by atoms with Gasteiger partial charge in [0.2, 0.25) is 0 Å². The third-order valence-corrected chi connectivity index (χ3v) is 5.47. The van der Waals surface area contributed by atoms with Crippen LogP contribution in [0.1, 0.15) is 15.9 Å². The van der Waals surface area contributed by atoms with Crippen LogP contribution < -0.4 is 10.9 Å². The second-order valence-corrected chi connectivity index (χ2v) is 7.47. The number of halogens is 4. The molecule has 152 valence electrons. The summed E-state index contributed by atoms with van der Waals surface area (Å²) in [5.74, 6) is -0.909. The molecule has 2 aromatic heterocycles. The monoisotopic (exact) mass is 449 g/mol. The number of hydrogen-bond acceptors (Lipinski definition) is 4. The lowest BCUT2D eigenvalue weighted by atomic mass is 10.1. The highest BCUT2D eigenvalue weighted by Crippen LogP contribution is 2.34. The predicted octanol–water partition coefficient (Wildman–Crippen LogP) is 5.35. The van der Waals surface area contributed by atoms with Crippen LogP contribution in [0.3, 0.4) is 0 Å². The Morgan fingerprint density at radius 2 is 1.87 bits per heavy atom. The van der Waals surface area contributed by atoms with Gasteiger partial charge in [0.25, 0.3) is 11.5 Å². The fourth-order valence-electron chi connectivity index (χ4n) is 2.85. The number of carbonyl (C=O) groups is 1. The molecule has 2 aromatic carbocycles. The first kappa shape index (κ1) is 20.1. The van der Waals surface area contributed by atoms with Crippen molar-refractivity contribution in [1.82, 2.24) is 9.38 Å². The molecule has 0 fully saturated rings. The lowest BCUT2D eigenvalue weighted by Gasteiger charge is -2.11. The number of amides is 1. The highest BCUT2D eigenvalue weighted by Gasteiger charge is 2.31. The van der Waals surface area contributed by atoms with E-state index in [2.05, 4.69) is 10.3 Å². The summed E-state index contributed by atoms with van der Waals surface area (Å²) in [6, 6.07) is 11.6. The number of rotatable bonds is 3. The van der Waals surface area contributed by atoms with Crippen molar-refractivity contribution in [2.45, 2.75) is 6.18 Å². The van der Waals surface area contributed by atoms with E-state index in [1.165, 1.54) is 15.7 Å². The van der Waals surface area contributed by atoms with E-state index in [0.29, 0.717) is 16.7 Å². The van der Waals surface area contributed by atoms with Crippen LogP contribution in [0.4, 0.5) is 18.9 Å². The second kappa shape index (κ2) is 7.58. The van der Waals surface area contributed by atoms with Crippen LogP contribution in [0.15, 0.2) is 64.9 Å². The summed E-state index contributed by atoms with van der Waals surface area (Å²) in [7, 11) is 0. The quantitative estimate of drug-likeness (QED) is 0.458. The summed E-state index contributed by atoms with van der Waals surface area (Å²) < 4.78 is 40.1. The number of alkyl halides is 3. The SMILES string of the molecule is O=C(Nc1cc(C(F)(F)F)ccc1Cl)c1cnc2scc(-c3ccccc3)n2c1=O. The van der Waals surface area contributed by atoms with Crippen molar-refractivity contribution in [1.29, 1.82) is 0 Å². The number of fused-ring (bicyclic) bond motifs is 1. The van der Waals surface area contributed by atoms with Gasteiger partial charge in [0.15, 0.2) is 4.96 Å². The van der Waals surface area contributed by atoms with Gasteiger partial charge in [0.05, 0.1) is 22.0 Å². The highest BCUT2D eigenvalue weighted by molar-refractivity contribution is 7.15. The maximum Gasteiger partial charge on any atom is 0.416 e. The van der Waals surface area contributed by atoms with E-state index >= 15 is 0 Å². The Labute approximate surface area is 176 Å². The number of benzene rings is 2. The second-order valence-electron chi connectivity index (χ2n) is 6.23. The molecule has 0 saturated carbocycles. The Hall–Kier alpha value is -3.17. The zero-order valence-electron chi connectivity index (χ0n) is 14.9. The molecule has 4 rings (SSSR count). The van der Waals surface area contributed by atoms with Crippen molar-refractivity contribution in [2.24, 2.45) is 0 Å². The zero-order chi connectivity index (χ0) is 21.5. The molecule has 1 amide bonds. The Balaban J connectivity index is 1.75. The van der Waals surface area contributed by atoms with Crippen molar-refractivity contribution in [3.63, 3.8) is 0 Å². The molecule has 0 atom stereocenters. The van der Waals surface area contributed by atoms with E-state index in [1.807, 2.05) is 30.3 Å². The van der Waals surface area contributed by atoms with Gasteiger partial charge in [-0.3, -0.25) is 14.0 Å². The smallest absolute Gasteiger partial charge is 0.320 e. The van der Waals surface area contributed by atoms with Crippen molar-refractivity contribution < 1.29 is 18.0 Å². The summed E-state index contributed by atoms with van der Waals surface area (Å²) in [5.41, 5.74) is -0.880. The Kier molecular flexibility index (Phi) is 5.08. The Bertz CT molecular complexity index is 1320. The van der Waals surface area contributed by atoms with Crippen molar-refractivity contribution in [2.75, 3.05) is 5.32 Å². The first-order valence-corrected chi connectivity index (χ1v) is 9.74. The van der Waals surface area contributed by atoms with Gasteiger partial charge >= 0.3 is 6.18 Å². The van der Waals surface area contributed by atoms with E-state index in [0.717, 1.165) is 23.9 Å². The zero-order valence-corrected chi connectivity index (χ0v) is 16.5. The molecular formula is C20H11ClF3N3O2S. The molecule has 0 spiro atoms. The first-order valence-electron chi connectivity index (χ1n) is 8.48. The molecule has 0 unspecified atom stereocenters. The standard InChI is InChI=1S/C20H11ClF3N3O2S/c21-14-7-6-12(20(22,23)24)8-15(14)26-17(28)13-9-25-19-27(18(13)29)16(10-30-19)11-4-2-1-3-5-11/h1-10H,(H,26,28). The molecular weight excluding hydrogens is 439 g/mol. The Morgan fingerprint density at radius 1 is 1.13 bits per heavy atom. The average molecular weight is 450 g/mol. The lowest BCUT2D eigenvalue weighted by Crippen LogP contribution is -2.26. The minimum Gasteiger partial charge on any atom is -0.320 e. The van der Waals surface area contributed by atoms with Crippen LogP contribution in [-0.2, 0) is 6.18 Å². The number of anilines is 1. The molecule has 30 heavy (non-hydrogen) atoms. The lowest BCUT2D eigenvalue weighted by molar-refractivity contribution is -0.137. The van der Waals surface area contributed by atoms with E-state index in [4.69, 9.17) is 11.6 Å². The summed E-state index contributed by atoms with van der Waals surface area (Å²) in [6.07, 6.45) is -3.51. The van der Waals surface area contributed by atoms with Crippen LogP contribution in [0, 0.1) is 0 Å².